The van der Waals surface area contributed by atoms with Gasteiger partial charge in [0.05, 0.1) is 0 Å². The second-order valence-corrected chi connectivity index (χ2v) is 11.2. The molecular weight excluding hydrogens is 359 g/mol. The van der Waals surface area contributed by atoms with E-state index >= 15 is 0 Å². The molecule has 2 heteroatoms. The van der Waals surface area contributed by atoms with E-state index in [0.29, 0.717) is 0 Å². The zero-order chi connectivity index (χ0) is 19.4. The van der Waals surface area contributed by atoms with Crippen molar-refractivity contribution in [2.45, 2.75) is 26.4 Å². The van der Waals surface area contributed by atoms with Gasteiger partial charge in [0.25, 0.3) is 0 Å². The summed E-state index contributed by atoms with van der Waals surface area (Å²) in [6.45, 7) is 4.40. The van der Waals surface area contributed by atoms with Gasteiger partial charge in [-0.15, -0.1) is 0 Å². The van der Waals surface area contributed by atoms with E-state index in [1.54, 1.807) is 0 Å². The Morgan fingerprint density at radius 1 is 0.679 bits per heavy atom. The van der Waals surface area contributed by atoms with Crippen LogP contribution in [-0.4, -0.2) is 0 Å². The van der Waals surface area contributed by atoms with Crippen LogP contribution in [0.5, 0.6) is 0 Å². The number of hydrogen-bond acceptors (Lipinski definition) is 1. The molecule has 0 radical (unpaired) electrons. The Balaban J connectivity index is 1.99. The van der Waals surface area contributed by atoms with Crippen molar-refractivity contribution in [1.29, 1.82) is 0 Å². The van der Waals surface area contributed by atoms with Gasteiger partial charge in [0.1, 0.15) is 0 Å². The van der Waals surface area contributed by atoms with Crippen molar-refractivity contribution in [2.75, 3.05) is 0 Å². The van der Waals surface area contributed by atoms with E-state index in [-0.39, 0.29) is 0 Å². The van der Waals surface area contributed by atoms with Crippen molar-refractivity contribution in [3.8, 4) is 0 Å². The summed E-state index contributed by atoms with van der Waals surface area (Å²) in [5.74, 6) is 1.13. The molecule has 0 atom stereocenters. The standard InChI is InChI=1S/C26H27OP/c1-3-22-19-27-26(21(22)2)20-28(23-13-7-4-8-14-23,24-15-9-5-10-16-24)25-17-11-6-12-18-25/h4-19,28H,3,20H2,1-2H3. The molecule has 0 fully saturated rings. The van der Waals surface area contributed by atoms with Crippen LogP contribution in [0.3, 0.4) is 0 Å². The van der Waals surface area contributed by atoms with Crippen LogP contribution in [0.4, 0.5) is 0 Å². The molecule has 0 spiro atoms. The number of aryl methyl sites for hydroxylation is 1. The first-order chi connectivity index (χ1) is 13.8. The molecule has 1 heterocycles. The Morgan fingerprint density at radius 2 is 1.11 bits per heavy atom. The summed E-state index contributed by atoms with van der Waals surface area (Å²) in [7, 11) is -2.29. The SMILES string of the molecule is CCc1coc(C[PH](c2ccccc2)(c2ccccc2)c2ccccc2)c1C. The van der Waals surface area contributed by atoms with Crippen molar-refractivity contribution in [1.82, 2.24) is 0 Å². The molecule has 0 saturated heterocycles. The van der Waals surface area contributed by atoms with E-state index in [0.717, 1.165) is 18.3 Å². The monoisotopic (exact) mass is 386 g/mol. The molecule has 4 rings (SSSR count). The molecule has 0 saturated carbocycles. The van der Waals surface area contributed by atoms with Crippen molar-refractivity contribution in [2.24, 2.45) is 0 Å². The van der Waals surface area contributed by atoms with Gasteiger partial charge in [-0.25, -0.2) is 0 Å². The normalized spacial score (nSPS) is 12.1. The van der Waals surface area contributed by atoms with Crippen molar-refractivity contribution in [3.63, 3.8) is 0 Å². The predicted octanol–water partition coefficient (Wildman–Crippen LogP) is 5.38. The quantitative estimate of drug-likeness (QED) is 0.406. The Kier molecular flexibility index (Phi) is 5.46. The van der Waals surface area contributed by atoms with Gasteiger partial charge in [0, 0.05) is 0 Å². The summed E-state index contributed by atoms with van der Waals surface area (Å²) in [6.07, 6.45) is 3.88. The van der Waals surface area contributed by atoms with Crippen molar-refractivity contribution < 1.29 is 4.42 Å². The van der Waals surface area contributed by atoms with Gasteiger partial charge in [0.2, 0.25) is 0 Å². The summed E-state index contributed by atoms with van der Waals surface area (Å²) in [5.41, 5.74) is 2.62. The van der Waals surface area contributed by atoms with Gasteiger partial charge in [-0.3, -0.25) is 0 Å². The molecule has 0 aliphatic heterocycles. The van der Waals surface area contributed by atoms with Gasteiger partial charge < -0.3 is 0 Å². The van der Waals surface area contributed by atoms with Crippen molar-refractivity contribution >= 4 is 23.2 Å². The Morgan fingerprint density at radius 3 is 1.46 bits per heavy atom. The first-order valence-electron chi connectivity index (χ1n) is 9.98. The van der Waals surface area contributed by atoms with Gasteiger partial charge >= 0.3 is 168 Å². The molecule has 0 unspecified atom stereocenters. The fourth-order valence-electron chi connectivity index (χ4n) is 4.24. The first-order valence-corrected chi connectivity index (χ1v) is 12.2. The molecule has 3 aromatic carbocycles. The zero-order valence-corrected chi connectivity index (χ0v) is 17.6. The van der Waals surface area contributed by atoms with Gasteiger partial charge in [-0.05, 0) is 0 Å². The summed E-state index contributed by atoms with van der Waals surface area (Å²) in [5, 5.41) is 4.25. The Hall–Kier alpha value is -2.63. The van der Waals surface area contributed by atoms with E-state index in [9.17, 15) is 0 Å². The average molecular weight is 386 g/mol. The van der Waals surface area contributed by atoms with Crippen LogP contribution in [0.25, 0.3) is 0 Å². The van der Waals surface area contributed by atoms with E-state index in [4.69, 9.17) is 4.42 Å². The van der Waals surface area contributed by atoms with Crippen LogP contribution in [0.15, 0.2) is 102 Å². The van der Waals surface area contributed by atoms with E-state index in [1.807, 2.05) is 6.26 Å². The summed E-state index contributed by atoms with van der Waals surface area (Å²) < 4.78 is 6.14. The summed E-state index contributed by atoms with van der Waals surface area (Å²) >= 11 is 0. The molecule has 1 aromatic heterocycles. The van der Waals surface area contributed by atoms with Gasteiger partial charge in [-0.2, -0.15) is 0 Å². The van der Waals surface area contributed by atoms with Crippen LogP contribution in [0, 0.1) is 6.92 Å². The van der Waals surface area contributed by atoms with Crippen LogP contribution in [0.1, 0.15) is 23.8 Å². The third-order valence-corrected chi connectivity index (χ3v) is 10.7. The molecule has 28 heavy (non-hydrogen) atoms. The minimum absolute atomic E-state index is 0.927. The molecule has 4 aromatic rings. The van der Waals surface area contributed by atoms with Gasteiger partial charge in [0.15, 0.2) is 0 Å². The zero-order valence-electron chi connectivity index (χ0n) is 16.6. The second kappa shape index (κ2) is 8.17. The number of benzene rings is 3. The molecule has 0 N–H and O–H groups in total. The molecule has 0 amide bonds. The van der Waals surface area contributed by atoms with Crippen LogP contribution in [0.2, 0.25) is 0 Å². The third-order valence-electron chi connectivity index (χ3n) is 5.85. The van der Waals surface area contributed by atoms with Crippen LogP contribution in [-0.2, 0) is 12.6 Å². The molecule has 142 valence electrons. The number of hydrogen-bond donors (Lipinski definition) is 0. The maximum absolute atomic E-state index is 6.14. The fourth-order valence-corrected chi connectivity index (χ4v) is 8.96. The Labute approximate surface area is 168 Å². The maximum atomic E-state index is 6.14. The predicted molar refractivity (Wildman–Crippen MR) is 123 cm³/mol. The number of furan rings is 1. The molecule has 0 bridgehead atoms. The van der Waals surface area contributed by atoms with Crippen LogP contribution >= 0.6 is 7.26 Å². The van der Waals surface area contributed by atoms with Crippen LogP contribution < -0.4 is 15.9 Å². The summed E-state index contributed by atoms with van der Waals surface area (Å²) in [6, 6.07) is 33.1. The van der Waals surface area contributed by atoms with E-state index in [1.165, 1.54) is 27.0 Å². The van der Waals surface area contributed by atoms with E-state index in [2.05, 4.69) is 105 Å². The third kappa shape index (κ3) is 3.32. The fraction of sp³-hybridized carbons (Fsp3) is 0.154. The summed E-state index contributed by atoms with van der Waals surface area (Å²) in [4.78, 5) is 0. The second-order valence-electron chi connectivity index (χ2n) is 7.34. The molecule has 0 aliphatic carbocycles. The van der Waals surface area contributed by atoms with Crippen molar-refractivity contribution in [3.05, 3.63) is 114 Å². The molecule has 0 aliphatic rings. The van der Waals surface area contributed by atoms with E-state index < -0.39 is 7.26 Å². The minimum atomic E-state index is -2.29. The molecule has 1 nitrogen and oxygen atoms in total. The average Bonchev–Trinajstić information content (AvgIpc) is 3.13. The Bertz CT molecular complexity index is 923. The van der Waals surface area contributed by atoms with Gasteiger partial charge in [-0.1, -0.05) is 0 Å². The first kappa shape index (κ1) is 18.7. The number of rotatable bonds is 6. The topological polar surface area (TPSA) is 13.1 Å². The molecular formula is C26H27OP.